The van der Waals surface area contributed by atoms with Crippen LogP contribution in [0.5, 0.6) is 0 Å². The van der Waals surface area contributed by atoms with Gasteiger partial charge < -0.3 is 15.3 Å². The SMILES string of the molecule is CCC[C@@H](CC(=O)N(CC(=O)O)C1CC1)NC=O. The zero-order valence-corrected chi connectivity index (χ0v) is 10.6. The number of rotatable bonds is 9. The Labute approximate surface area is 106 Å². The zero-order chi connectivity index (χ0) is 13.5. The summed E-state index contributed by atoms with van der Waals surface area (Å²) >= 11 is 0. The van der Waals surface area contributed by atoms with Gasteiger partial charge in [-0.3, -0.25) is 14.4 Å². The lowest BCUT2D eigenvalue weighted by Gasteiger charge is -2.23. The molecule has 6 heteroatoms. The monoisotopic (exact) mass is 256 g/mol. The number of nitrogens with zero attached hydrogens (tertiary/aromatic N) is 1. The molecular weight excluding hydrogens is 236 g/mol. The first-order valence-corrected chi connectivity index (χ1v) is 6.29. The maximum Gasteiger partial charge on any atom is 0.323 e. The van der Waals surface area contributed by atoms with Crippen LogP contribution < -0.4 is 5.32 Å². The Morgan fingerprint density at radius 3 is 2.61 bits per heavy atom. The van der Waals surface area contributed by atoms with Crippen molar-refractivity contribution < 1.29 is 19.5 Å². The molecule has 0 radical (unpaired) electrons. The number of aliphatic carboxylic acids is 1. The number of carbonyl (C=O) groups excluding carboxylic acids is 2. The molecule has 1 rings (SSSR count). The van der Waals surface area contributed by atoms with Crippen molar-refractivity contribution in [3.63, 3.8) is 0 Å². The summed E-state index contributed by atoms with van der Waals surface area (Å²) in [4.78, 5) is 34.6. The Hall–Kier alpha value is -1.59. The van der Waals surface area contributed by atoms with Gasteiger partial charge in [-0.15, -0.1) is 0 Å². The fourth-order valence-corrected chi connectivity index (χ4v) is 1.97. The molecule has 0 aromatic carbocycles. The van der Waals surface area contributed by atoms with Crippen LogP contribution in [0.15, 0.2) is 0 Å². The first-order chi connectivity index (χ1) is 8.58. The van der Waals surface area contributed by atoms with Gasteiger partial charge in [0.2, 0.25) is 12.3 Å². The molecule has 6 nitrogen and oxygen atoms in total. The van der Waals surface area contributed by atoms with Crippen LogP contribution in [0.1, 0.15) is 39.0 Å². The molecule has 0 saturated heterocycles. The van der Waals surface area contributed by atoms with Crippen LogP contribution in [0.4, 0.5) is 0 Å². The van der Waals surface area contributed by atoms with Crippen LogP contribution in [0.2, 0.25) is 0 Å². The summed E-state index contributed by atoms with van der Waals surface area (Å²) < 4.78 is 0. The van der Waals surface area contributed by atoms with Crippen molar-refractivity contribution in [3.05, 3.63) is 0 Å². The van der Waals surface area contributed by atoms with E-state index in [2.05, 4.69) is 5.32 Å². The second kappa shape index (κ2) is 6.98. The molecule has 102 valence electrons. The summed E-state index contributed by atoms with van der Waals surface area (Å²) in [7, 11) is 0. The molecule has 0 aliphatic heterocycles. The maximum atomic E-state index is 12.0. The number of hydrogen-bond donors (Lipinski definition) is 2. The van der Waals surface area contributed by atoms with Gasteiger partial charge >= 0.3 is 5.97 Å². The summed E-state index contributed by atoms with van der Waals surface area (Å²) in [6.45, 7) is 1.73. The van der Waals surface area contributed by atoms with Crippen LogP contribution in [0, 0.1) is 0 Å². The van der Waals surface area contributed by atoms with E-state index in [1.165, 1.54) is 4.90 Å². The molecule has 0 bridgehead atoms. The van der Waals surface area contributed by atoms with Gasteiger partial charge in [0.25, 0.3) is 0 Å². The Kier molecular flexibility index (Phi) is 5.61. The molecule has 0 heterocycles. The van der Waals surface area contributed by atoms with Crippen molar-refractivity contribution in [2.24, 2.45) is 0 Å². The standard InChI is InChI=1S/C12H20N2O4/c1-2-3-9(13-8-15)6-11(16)14(7-12(17)18)10-4-5-10/h8-10H,2-7H2,1H3,(H,13,15)(H,17,18)/t9-/m0/s1. The lowest BCUT2D eigenvalue weighted by atomic mass is 10.1. The predicted octanol–water partition coefficient (Wildman–Crippen LogP) is 0.367. The van der Waals surface area contributed by atoms with E-state index in [0.29, 0.717) is 6.41 Å². The second-order valence-corrected chi connectivity index (χ2v) is 4.62. The summed E-state index contributed by atoms with van der Waals surface area (Å²) in [6.07, 6.45) is 4.09. The minimum Gasteiger partial charge on any atom is -0.480 e. The number of carbonyl (C=O) groups is 3. The molecule has 0 aromatic rings. The highest BCUT2D eigenvalue weighted by atomic mass is 16.4. The summed E-state index contributed by atoms with van der Waals surface area (Å²) in [5.74, 6) is -1.18. The van der Waals surface area contributed by atoms with E-state index in [1.807, 2.05) is 6.92 Å². The van der Waals surface area contributed by atoms with E-state index < -0.39 is 5.97 Å². The third kappa shape index (κ3) is 4.73. The van der Waals surface area contributed by atoms with E-state index in [4.69, 9.17) is 5.11 Å². The number of carboxylic acids is 1. The summed E-state index contributed by atoms with van der Waals surface area (Å²) in [5, 5.41) is 11.4. The fraction of sp³-hybridized carbons (Fsp3) is 0.750. The summed E-state index contributed by atoms with van der Waals surface area (Å²) in [5.41, 5.74) is 0. The Morgan fingerprint density at radius 1 is 1.50 bits per heavy atom. The van der Waals surface area contributed by atoms with Gasteiger partial charge in [-0.2, -0.15) is 0 Å². The van der Waals surface area contributed by atoms with Crippen LogP contribution in [0.3, 0.4) is 0 Å². The van der Waals surface area contributed by atoms with Crippen molar-refractivity contribution in [1.82, 2.24) is 10.2 Å². The van der Waals surface area contributed by atoms with E-state index in [-0.39, 0.29) is 31.0 Å². The number of nitrogens with one attached hydrogen (secondary N) is 1. The maximum absolute atomic E-state index is 12.0. The number of hydrogen-bond acceptors (Lipinski definition) is 3. The molecule has 18 heavy (non-hydrogen) atoms. The van der Waals surface area contributed by atoms with Crippen LogP contribution in [0.25, 0.3) is 0 Å². The lowest BCUT2D eigenvalue weighted by molar-refractivity contribution is -0.145. The Morgan fingerprint density at radius 2 is 2.17 bits per heavy atom. The molecule has 1 aliphatic rings. The molecule has 1 saturated carbocycles. The van der Waals surface area contributed by atoms with Crippen LogP contribution in [-0.4, -0.2) is 46.9 Å². The van der Waals surface area contributed by atoms with Gasteiger partial charge in [0, 0.05) is 18.5 Å². The van der Waals surface area contributed by atoms with Gasteiger partial charge in [0.1, 0.15) is 6.54 Å². The quantitative estimate of drug-likeness (QED) is 0.583. The van der Waals surface area contributed by atoms with Crippen molar-refractivity contribution in [3.8, 4) is 0 Å². The van der Waals surface area contributed by atoms with Crippen LogP contribution >= 0.6 is 0 Å². The third-order valence-electron chi connectivity index (χ3n) is 2.98. The molecular formula is C12H20N2O4. The molecule has 2 N–H and O–H groups in total. The van der Waals surface area contributed by atoms with E-state index in [0.717, 1.165) is 25.7 Å². The average molecular weight is 256 g/mol. The second-order valence-electron chi connectivity index (χ2n) is 4.62. The van der Waals surface area contributed by atoms with E-state index >= 15 is 0 Å². The van der Waals surface area contributed by atoms with Crippen molar-refractivity contribution >= 4 is 18.3 Å². The van der Waals surface area contributed by atoms with E-state index in [9.17, 15) is 14.4 Å². The minimum absolute atomic E-state index is 0.0760. The highest BCUT2D eigenvalue weighted by Crippen LogP contribution is 2.27. The first-order valence-electron chi connectivity index (χ1n) is 6.29. The topological polar surface area (TPSA) is 86.7 Å². The smallest absolute Gasteiger partial charge is 0.323 e. The zero-order valence-electron chi connectivity index (χ0n) is 10.6. The average Bonchev–Trinajstić information content (AvgIpc) is 3.10. The molecule has 2 amide bonds. The Balaban J connectivity index is 2.52. The number of amides is 2. The van der Waals surface area contributed by atoms with E-state index in [1.54, 1.807) is 0 Å². The van der Waals surface area contributed by atoms with Crippen molar-refractivity contribution in [2.75, 3.05) is 6.54 Å². The molecule has 0 unspecified atom stereocenters. The van der Waals surface area contributed by atoms with Gasteiger partial charge in [0.05, 0.1) is 0 Å². The Bertz CT molecular complexity index is 315. The van der Waals surface area contributed by atoms with Gasteiger partial charge in [-0.05, 0) is 19.3 Å². The molecule has 1 atom stereocenters. The third-order valence-corrected chi connectivity index (χ3v) is 2.98. The molecule has 0 aromatic heterocycles. The number of carboxylic acid groups (broad SMARTS) is 1. The molecule has 0 spiro atoms. The summed E-state index contributed by atoms with van der Waals surface area (Å²) in [6, 6.07) is -0.123. The minimum atomic E-state index is -0.995. The first kappa shape index (κ1) is 14.5. The van der Waals surface area contributed by atoms with Gasteiger partial charge in [0.15, 0.2) is 0 Å². The van der Waals surface area contributed by atoms with Gasteiger partial charge in [-0.1, -0.05) is 13.3 Å². The largest absolute Gasteiger partial charge is 0.480 e. The fourth-order valence-electron chi connectivity index (χ4n) is 1.97. The van der Waals surface area contributed by atoms with Gasteiger partial charge in [-0.25, -0.2) is 0 Å². The molecule has 1 fully saturated rings. The highest BCUT2D eigenvalue weighted by Gasteiger charge is 2.34. The van der Waals surface area contributed by atoms with Crippen LogP contribution in [-0.2, 0) is 14.4 Å². The predicted molar refractivity (Wildman–Crippen MR) is 64.9 cm³/mol. The molecule has 1 aliphatic carbocycles. The van der Waals surface area contributed by atoms with Crippen molar-refractivity contribution in [2.45, 2.75) is 51.1 Å². The lowest BCUT2D eigenvalue weighted by Crippen LogP contribution is -2.41. The normalized spacial score (nSPS) is 15.8. The highest BCUT2D eigenvalue weighted by molar-refractivity contribution is 5.82. The van der Waals surface area contributed by atoms with Crippen molar-refractivity contribution in [1.29, 1.82) is 0 Å².